The number of amides is 1. The van der Waals surface area contributed by atoms with E-state index in [2.05, 4.69) is 10.0 Å². The van der Waals surface area contributed by atoms with Crippen molar-refractivity contribution in [2.75, 3.05) is 4.72 Å². The smallest absolute Gasteiger partial charge is 0.269 e. The van der Waals surface area contributed by atoms with Gasteiger partial charge in [0, 0.05) is 24.8 Å². The molecule has 0 bridgehead atoms. The number of hydrogen-bond donors (Lipinski definition) is 2. The van der Waals surface area contributed by atoms with Crippen LogP contribution in [-0.2, 0) is 21.4 Å². The molecule has 0 saturated carbocycles. The van der Waals surface area contributed by atoms with Gasteiger partial charge in [-0.05, 0) is 47.5 Å². The van der Waals surface area contributed by atoms with E-state index in [1.807, 2.05) is 0 Å². The second-order valence-electron chi connectivity index (χ2n) is 6.48. The van der Waals surface area contributed by atoms with Crippen molar-refractivity contribution < 1.29 is 18.1 Å². The molecule has 0 heterocycles. The Morgan fingerprint density at radius 3 is 2.26 bits per heavy atom. The zero-order chi connectivity index (χ0) is 22.3. The van der Waals surface area contributed by atoms with Crippen LogP contribution in [0.5, 0.6) is 0 Å². The van der Waals surface area contributed by atoms with Crippen LogP contribution < -0.4 is 10.0 Å². The van der Waals surface area contributed by atoms with Crippen LogP contribution in [0.3, 0.4) is 0 Å². The van der Waals surface area contributed by atoms with Crippen LogP contribution in [0.4, 0.5) is 11.4 Å². The summed E-state index contributed by atoms with van der Waals surface area (Å²) in [4.78, 5) is 22.5. The summed E-state index contributed by atoms with van der Waals surface area (Å²) in [5, 5.41) is 13.4. The quantitative estimate of drug-likeness (QED) is 0.316. The fourth-order valence-corrected chi connectivity index (χ4v) is 3.82. The number of carbonyl (C=O) groups is 1. The largest absolute Gasteiger partial charge is 0.348 e. The maximum absolute atomic E-state index is 12.6. The lowest BCUT2D eigenvalue weighted by Crippen LogP contribution is -2.22. The fraction of sp³-hybridized carbons (Fsp3) is 0.0455. The van der Waals surface area contributed by atoms with Crippen molar-refractivity contribution in [2.24, 2.45) is 0 Å². The minimum atomic E-state index is -3.75. The maximum atomic E-state index is 12.6. The molecule has 0 spiro atoms. The van der Waals surface area contributed by atoms with Gasteiger partial charge in [-0.15, -0.1) is 0 Å². The minimum Gasteiger partial charge on any atom is -0.348 e. The van der Waals surface area contributed by atoms with Crippen LogP contribution in [0.25, 0.3) is 6.08 Å². The van der Waals surface area contributed by atoms with E-state index in [9.17, 15) is 23.3 Å². The number of non-ortho nitro benzene ring substituents is 1. The molecule has 3 aromatic carbocycles. The van der Waals surface area contributed by atoms with Gasteiger partial charge in [0.05, 0.1) is 15.5 Å². The molecule has 2 N–H and O–H groups in total. The van der Waals surface area contributed by atoms with Gasteiger partial charge in [0.15, 0.2) is 0 Å². The first-order valence-electron chi connectivity index (χ1n) is 9.21. The first-order chi connectivity index (χ1) is 14.8. The van der Waals surface area contributed by atoms with Crippen LogP contribution in [-0.4, -0.2) is 19.2 Å². The molecule has 9 heteroatoms. The van der Waals surface area contributed by atoms with E-state index in [1.54, 1.807) is 42.5 Å². The van der Waals surface area contributed by atoms with E-state index < -0.39 is 14.9 Å². The van der Waals surface area contributed by atoms with Gasteiger partial charge in [0.25, 0.3) is 15.7 Å². The number of carbonyl (C=O) groups excluding carboxylic acids is 1. The first kappa shape index (κ1) is 21.7. The summed E-state index contributed by atoms with van der Waals surface area (Å²) in [5.74, 6) is -0.390. The number of sulfonamides is 1. The highest BCUT2D eigenvalue weighted by atomic mass is 32.2. The van der Waals surface area contributed by atoms with Crippen LogP contribution in [0.15, 0.2) is 89.8 Å². The third-order valence-electron chi connectivity index (χ3n) is 4.30. The van der Waals surface area contributed by atoms with Crippen LogP contribution in [0.1, 0.15) is 11.1 Å². The highest BCUT2D eigenvalue weighted by molar-refractivity contribution is 7.92. The zero-order valence-electron chi connectivity index (χ0n) is 16.3. The van der Waals surface area contributed by atoms with E-state index in [1.165, 1.54) is 48.6 Å². The van der Waals surface area contributed by atoms with Crippen molar-refractivity contribution in [3.8, 4) is 0 Å². The SMILES string of the molecule is O=C(/C=C/c1ccc([N+](=O)[O-])cc1)NCc1ccccc1NS(=O)(=O)c1ccccc1. The van der Waals surface area contributed by atoms with Gasteiger partial charge in [-0.25, -0.2) is 8.42 Å². The lowest BCUT2D eigenvalue weighted by atomic mass is 10.2. The molecule has 158 valence electrons. The molecule has 0 saturated heterocycles. The molecule has 0 aliphatic rings. The number of anilines is 1. The van der Waals surface area contributed by atoms with Crippen molar-refractivity contribution in [3.05, 3.63) is 106 Å². The number of nitro benzene ring substituents is 1. The average molecular weight is 437 g/mol. The van der Waals surface area contributed by atoms with E-state index in [4.69, 9.17) is 0 Å². The normalized spacial score (nSPS) is 11.2. The summed E-state index contributed by atoms with van der Waals surface area (Å²) in [6.07, 6.45) is 2.83. The number of nitrogens with one attached hydrogen (secondary N) is 2. The van der Waals surface area contributed by atoms with Gasteiger partial charge in [-0.2, -0.15) is 0 Å². The highest BCUT2D eigenvalue weighted by Crippen LogP contribution is 2.20. The molecule has 1 amide bonds. The van der Waals surface area contributed by atoms with Crippen LogP contribution >= 0.6 is 0 Å². The molecule has 31 heavy (non-hydrogen) atoms. The average Bonchev–Trinajstić information content (AvgIpc) is 2.77. The van der Waals surface area contributed by atoms with Gasteiger partial charge in [0.1, 0.15) is 0 Å². The van der Waals surface area contributed by atoms with E-state index in [0.717, 1.165) is 0 Å². The Hall–Kier alpha value is -3.98. The number of nitrogens with zero attached hydrogens (tertiary/aromatic N) is 1. The summed E-state index contributed by atoms with van der Waals surface area (Å²) in [5.41, 5.74) is 1.57. The van der Waals surface area contributed by atoms with Crippen molar-refractivity contribution >= 4 is 33.4 Å². The zero-order valence-corrected chi connectivity index (χ0v) is 17.1. The summed E-state index contributed by atoms with van der Waals surface area (Å²) in [7, 11) is -3.75. The predicted octanol–water partition coefficient (Wildman–Crippen LogP) is 3.73. The second kappa shape index (κ2) is 9.68. The van der Waals surface area contributed by atoms with E-state index in [0.29, 0.717) is 16.8 Å². The van der Waals surface area contributed by atoms with Gasteiger partial charge in [-0.3, -0.25) is 19.6 Å². The molecule has 0 aromatic heterocycles. The summed E-state index contributed by atoms with van der Waals surface area (Å²) in [6, 6.07) is 20.5. The topological polar surface area (TPSA) is 118 Å². The number of nitro groups is 1. The molecule has 0 atom stereocenters. The monoisotopic (exact) mass is 437 g/mol. The number of hydrogen-bond acceptors (Lipinski definition) is 5. The Kier molecular flexibility index (Phi) is 6.78. The molecule has 3 aromatic rings. The van der Waals surface area contributed by atoms with Crippen LogP contribution in [0, 0.1) is 10.1 Å². The van der Waals surface area contributed by atoms with E-state index >= 15 is 0 Å². The van der Waals surface area contributed by atoms with Gasteiger partial charge in [0.2, 0.25) is 5.91 Å². The minimum absolute atomic E-state index is 0.0313. The number of para-hydroxylation sites is 1. The molecule has 0 unspecified atom stereocenters. The van der Waals surface area contributed by atoms with Gasteiger partial charge < -0.3 is 5.32 Å². The Labute approximate surface area is 179 Å². The Balaban J connectivity index is 1.64. The second-order valence-corrected chi connectivity index (χ2v) is 8.16. The molecular formula is C22H19N3O5S. The molecule has 0 aliphatic heterocycles. The number of benzene rings is 3. The molecule has 8 nitrogen and oxygen atoms in total. The Bertz CT molecular complexity index is 1210. The standard InChI is InChI=1S/C22H19N3O5S/c26-22(15-12-17-10-13-19(14-11-17)25(27)28)23-16-18-6-4-5-9-21(18)24-31(29,30)20-7-2-1-3-8-20/h1-15,24H,16H2,(H,23,26)/b15-12+. The van der Waals surface area contributed by atoms with Gasteiger partial charge >= 0.3 is 0 Å². The molecule has 3 rings (SSSR count). The molecule has 0 radical (unpaired) electrons. The van der Waals surface area contributed by atoms with Crippen molar-refractivity contribution in [2.45, 2.75) is 11.4 Å². The van der Waals surface area contributed by atoms with Crippen molar-refractivity contribution in [3.63, 3.8) is 0 Å². The lowest BCUT2D eigenvalue weighted by molar-refractivity contribution is -0.384. The van der Waals surface area contributed by atoms with E-state index in [-0.39, 0.29) is 23.0 Å². The Morgan fingerprint density at radius 2 is 1.58 bits per heavy atom. The van der Waals surface area contributed by atoms with Crippen molar-refractivity contribution in [1.29, 1.82) is 0 Å². The first-order valence-corrected chi connectivity index (χ1v) is 10.7. The molecule has 0 fully saturated rings. The predicted molar refractivity (Wildman–Crippen MR) is 118 cm³/mol. The third kappa shape index (κ3) is 6.00. The summed E-state index contributed by atoms with van der Waals surface area (Å²) in [6.45, 7) is 0.108. The van der Waals surface area contributed by atoms with Gasteiger partial charge in [-0.1, -0.05) is 36.4 Å². The maximum Gasteiger partial charge on any atom is 0.269 e. The summed E-state index contributed by atoms with van der Waals surface area (Å²) >= 11 is 0. The fourth-order valence-electron chi connectivity index (χ4n) is 2.70. The highest BCUT2D eigenvalue weighted by Gasteiger charge is 2.15. The summed E-state index contributed by atoms with van der Waals surface area (Å²) < 4.78 is 27.7. The Morgan fingerprint density at radius 1 is 0.935 bits per heavy atom. The molecular weight excluding hydrogens is 418 g/mol. The van der Waals surface area contributed by atoms with Crippen molar-refractivity contribution in [1.82, 2.24) is 5.32 Å². The molecule has 0 aliphatic carbocycles. The third-order valence-corrected chi connectivity index (χ3v) is 5.68. The van der Waals surface area contributed by atoms with Crippen LogP contribution in [0.2, 0.25) is 0 Å². The lowest BCUT2D eigenvalue weighted by Gasteiger charge is -2.13. The number of rotatable bonds is 8.